The molecule has 0 spiro atoms. The van der Waals surface area contributed by atoms with Gasteiger partial charge in [-0.05, 0) is 18.2 Å². The Hall–Kier alpha value is -1.05. The van der Waals surface area contributed by atoms with E-state index in [1.807, 2.05) is 0 Å². The molecule has 0 saturated carbocycles. The number of anilines is 1. The molecule has 1 N–H and O–H groups in total. The van der Waals surface area contributed by atoms with Gasteiger partial charge in [-0.3, -0.25) is 0 Å². The van der Waals surface area contributed by atoms with Crippen LogP contribution in [0.2, 0.25) is 0 Å². The van der Waals surface area contributed by atoms with Crippen LogP contribution < -0.4 is 5.32 Å². The van der Waals surface area contributed by atoms with Gasteiger partial charge < -0.3 is 10.1 Å². The monoisotopic (exact) mass is 357 g/mol. The molecule has 4 nitrogen and oxygen atoms in total. The fourth-order valence-electron chi connectivity index (χ4n) is 1.91. The van der Waals surface area contributed by atoms with E-state index < -0.39 is 0 Å². The number of rotatable bonds is 4. The van der Waals surface area contributed by atoms with E-state index in [0.29, 0.717) is 15.7 Å². The quantitative estimate of drug-likeness (QED) is 0.908. The van der Waals surface area contributed by atoms with Crippen LogP contribution in [0.4, 0.5) is 9.52 Å². The maximum atomic E-state index is 13.8. The highest BCUT2D eigenvalue weighted by Crippen LogP contribution is 2.32. The van der Waals surface area contributed by atoms with Crippen LogP contribution in [0.1, 0.15) is 6.92 Å². The van der Waals surface area contributed by atoms with Crippen molar-refractivity contribution in [3.8, 4) is 10.6 Å². The Morgan fingerprint density at radius 3 is 2.95 bits per heavy atom. The maximum absolute atomic E-state index is 13.8. The van der Waals surface area contributed by atoms with Crippen molar-refractivity contribution < 1.29 is 9.13 Å². The Labute approximate surface area is 128 Å². The molecule has 0 unspecified atom stereocenters. The Balaban J connectivity index is 1.74. The lowest BCUT2D eigenvalue weighted by Crippen LogP contribution is -2.45. The smallest absolute Gasteiger partial charge is 0.206 e. The third-order valence-corrected chi connectivity index (χ3v) is 4.56. The summed E-state index contributed by atoms with van der Waals surface area (Å²) in [5.41, 5.74) is 0.621. The van der Waals surface area contributed by atoms with Gasteiger partial charge in [0.1, 0.15) is 5.82 Å². The van der Waals surface area contributed by atoms with Crippen LogP contribution in [0.5, 0.6) is 0 Å². The predicted octanol–water partition coefficient (Wildman–Crippen LogP) is 3.56. The average Bonchev–Trinajstić information content (AvgIpc) is 2.86. The molecular formula is C13H13BrFN3OS. The number of ether oxygens (including phenoxy) is 1. The van der Waals surface area contributed by atoms with Crippen molar-refractivity contribution in [2.45, 2.75) is 6.92 Å². The third kappa shape index (κ3) is 2.84. The summed E-state index contributed by atoms with van der Waals surface area (Å²) >= 11 is 4.68. The zero-order valence-corrected chi connectivity index (χ0v) is 13.2. The lowest BCUT2D eigenvalue weighted by molar-refractivity contribution is -0.0924. The van der Waals surface area contributed by atoms with Gasteiger partial charge in [-0.25, -0.2) is 4.39 Å². The highest BCUT2D eigenvalue weighted by Gasteiger charge is 2.33. The number of halogens is 2. The summed E-state index contributed by atoms with van der Waals surface area (Å²) in [6.45, 7) is 4.44. The van der Waals surface area contributed by atoms with Crippen molar-refractivity contribution in [2.75, 3.05) is 25.1 Å². The van der Waals surface area contributed by atoms with Gasteiger partial charge in [0.25, 0.3) is 0 Å². The second-order valence-electron chi connectivity index (χ2n) is 5.19. The molecule has 7 heteroatoms. The summed E-state index contributed by atoms with van der Waals surface area (Å²) in [5, 5.41) is 12.6. The van der Waals surface area contributed by atoms with Crippen LogP contribution in [0, 0.1) is 11.2 Å². The molecular weight excluding hydrogens is 345 g/mol. The van der Waals surface area contributed by atoms with E-state index in [0.717, 1.165) is 24.2 Å². The first-order valence-corrected chi connectivity index (χ1v) is 7.77. The van der Waals surface area contributed by atoms with Crippen LogP contribution >= 0.6 is 27.3 Å². The molecule has 2 heterocycles. The largest absolute Gasteiger partial charge is 0.380 e. The van der Waals surface area contributed by atoms with E-state index >= 15 is 0 Å². The molecule has 1 aliphatic heterocycles. The van der Waals surface area contributed by atoms with E-state index in [1.165, 1.54) is 17.4 Å². The number of hydrogen-bond acceptors (Lipinski definition) is 5. The van der Waals surface area contributed by atoms with Gasteiger partial charge in [0.2, 0.25) is 5.13 Å². The maximum Gasteiger partial charge on any atom is 0.206 e. The minimum absolute atomic E-state index is 0.160. The Kier molecular flexibility index (Phi) is 3.74. The minimum atomic E-state index is -0.296. The molecule has 0 bridgehead atoms. The molecule has 3 rings (SSSR count). The predicted molar refractivity (Wildman–Crippen MR) is 80.4 cm³/mol. The van der Waals surface area contributed by atoms with E-state index in [-0.39, 0.29) is 11.2 Å². The Morgan fingerprint density at radius 2 is 2.25 bits per heavy atom. The fourth-order valence-corrected chi connectivity index (χ4v) is 3.02. The fraction of sp³-hybridized carbons (Fsp3) is 0.385. The SMILES string of the molecule is CC1(CNc2nnc(-c3cc(Br)ccc3F)s2)COC1. The molecule has 0 amide bonds. The zero-order chi connectivity index (χ0) is 14.2. The molecule has 1 aromatic carbocycles. The molecule has 1 saturated heterocycles. The van der Waals surface area contributed by atoms with Crippen LogP contribution in [0.25, 0.3) is 10.6 Å². The standard InChI is InChI=1S/C13H13BrFN3OS/c1-13(6-19-7-13)5-16-12-18-17-11(20-12)9-4-8(14)2-3-10(9)15/h2-4H,5-7H2,1H3,(H,16,18). The van der Waals surface area contributed by atoms with E-state index in [9.17, 15) is 4.39 Å². The molecule has 106 valence electrons. The van der Waals surface area contributed by atoms with Crippen LogP contribution in [-0.4, -0.2) is 30.0 Å². The van der Waals surface area contributed by atoms with Gasteiger partial charge >= 0.3 is 0 Å². The third-order valence-electron chi connectivity index (χ3n) is 3.15. The second kappa shape index (κ2) is 5.38. The molecule has 0 radical (unpaired) electrons. The van der Waals surface area contributed by atoms with Gasteiger partial charge in [0, 0.05) is 22.0 Å². The molecule has 20 heavy (non-hydrogen) atoms. The number of nitrogens with zero attached hydrogens (tertiary/aromatic N) is 2. The molecule has 0 aliphatic carbocycles. The lowest BCUT2D eigenvalue weighted by atomic mass is 9.89. The number of hydrogen-bond donors (Lipinski definition) is 1. The first kappa shape index (κ1) is 13.9. The van der Waals surface area contributed by atoms with Gasteiger partial charge in [-0.1, -0.05) is 34.2 Å². The van der Waals surface area contributed by atoms with Crippen LogP contribution in [0.15, 0.2) is 22.7 Å². The highest BCUT2D eigenvalue weighted by atomic mass is 79.9. The van der Waals surface area contributed by atoms with Crippen LogP contribution in [-0.2, 0) is 4.74 Å². The number of nitrogens with one attached hydrogen (secondary N) is 1. The van der Waals surface area contributed by atoms with Crippen molar-refractivity contribution in [1.29, 1.82) is 0 Å². The van der Waals surface area contributed by atoms with Gasteiger partial charge in [-0.2, -0.15) is 0 Å². The normalized spacial score (nSPS) is 16.8. The summed E-state index contributed by atoms with van der Waals surface area (Å²) in [5.74, 6) is -0.296. The highest BCUT2D eigenvalue weighted by molar-refractivity contribution is 9.10. The summed E-state index contributed by atoms with van der Waals surface area (Å²) in [6, 6.07) is 4.79. The van der Waals surface area contributed by atoms with Gasteiger partial charge in [-0.15, -0.1) is 10.2 Å². The first-order valence-electron chi connectivity index (χ1n) is 6.16. The molecule has 1 aliphatic rings. The average molecular weight is 358 g/mol. The minimum Gasteiger partial charge on any atom is -0.380 e. The summed E-state index contributed by atoms with van der Waals surface area (Å²) in [4.78, 5) is 0. The first-order chi connectivity index (χ1) is 9.56. The molecule has 0 atom stereocenters. The van der Waals surface area contributed by atoms with Gasteiger partial charge in [0.15, 0.2) is 5.01 Å². The van der Waals surface area contributed by atoms with Crippen molar-refractivity contribution in [3.63, 3.8) is 0 Å². The van der Waals surface area contributed by atoms with E-state index in [4.69, 9.17) is 4.74 Å². The van der Waals surface area contributed by atoms with Crippen molar-refractivity contribution in [2.24, 2.45) is 5.41 Å². The lowest BCUT2D eigenvalue weighted by Gasteiger charge is -2.37. The van der Waals surface area contributed by atoms with Gasteiger partial charge in [0.05, 0.1) is 13.2 Å². The second-order valence-corrected chi connectivity index (χ2v) is 7.09. The number of aromatic nitrogens is 2. The van der Waals surface area contributed by atoms with E-state index in [1.54, 1.807) is 12.1 Å². The van der Waals surface area contributed by atoms with Crippen LogP contribution in [0.3, 0.4) is 0 Å². The van der Waals surface area contributed by atoms with E-state index in [2.05, 4.69) is 38.4 Å². The summed E-state index contributed by atoms with van der Waals surface area (Å²) < 4.78 is 19.8. The Morgan fingerprint density at radius 1 is 1.45 bits per heavy atom. The van der Waals surface area contributed by atoms with Crippen molar-refractivity contribution >= 4 is 32.4 Å². The molecule has 1 fully saturated rings. The molecule has 1 aromatic heterocycles. The zero-order valence-electron chi connectivity index (χ0n) is 10.8. The van der Waals surface area contributed by atoms with Crippen molar-refractivity contribution in [1.82, 2.24) is 10.2 Å². The topological polar surface area (TPSA) is 47.0 Å². The van der Waals surface area contributed by atoms with Crippen molar-refractivity contribution in [3.05, 3.63) is 28.5 Å². The molecule has 2 aromatic rings. The summed E-state index contributed by atoms with van der Waals surface area (Å²) in [7, 11) is 0. The number of benzene rings is 1. The summed E-state index contributed by atoms with van der Waals surface area (Å²) in [6.07, 6.45) is 0. The Bertz CT molecular complexity index is 630.